The van der Waals surface area contributed by atoms with Crippen LogP contribution in [0.2, 0.25) is 0 Å². The number of benzene rings is 1. The predicted octanol–water partition coefficient (Wildman–Crippen LogP) is 2.71. The molecule has 1 aromatic heterocycles. The highest BCUT2D eigenvalue weighted by Crippen LogP contribution is 2.15. The molecule has 0 amide bonds. The number of nitrogens with zero attached hydrogens (tertiary/aromatic N) is 1. The molecule has 0 atom stereocenters. The monoisotopic (exact) mass is 180 g/mol. The Morgan fingerprint density at radius 3 is 3.00 bits per heavy atom. The minimum Gasteiger partial charge on any atom is -0.342 e. The average Bonchev–Trinajstić information content (AvgIpc) is 2.48. The van der Waals surface area contributed by atoms with Crippen LogP contribution in [0, 0.1) is 6.07 Å². The first-order chi connectivity index (χ1) is 6.27. The van der Waals surface area contributed by atoms with Gasteiger partial charge in [0.05, 0.1) is 6.54 Å². The van der Waals surface area contributed by atoms with Crippen molar-refractivity contribution in [2.45, 2.75) is 13.0 Å². The topological polar surface area (TPSA) is 4.93 Å². The van der Waals surface area contributed by atoms with Crippen LogP contribution in [-0.2, 0) is 6.54 Å². The highest BCUT2D eigenvalue weighted by molar-refractivity contribution is 5.79. The lowest BCUT2D eigenvalue weighted by atomic mass is 10.2. The minimum absolute atomic E-state index is 0.243. The summed E-state index contributed by atoms with van der Waals surface area (Å²) >= 11 is 0. The van der Waals surface area contributed by atoms with Gasteiger partial charge in [-0.1, -0.05) is 6.07 Å². The first-order valence-corrected chi connectivity index (χ1v) is 4.00. The van der Waals surface area contributed by atoms with E-state index in [1.165, 1.54) is 0 Å². The molecule has 1 heterocycles. The summed E-state index contributed by atoms with van der Waals surface area (Å²) in [5.41, 5.74) is 0.832. The van der Waals surface area contributed by atoms with Gasteiger partial charge in [-0.25, -0.2) is 8.78 Å². The van der Waals surface area contributed by atoms with E-state index in [1.807, 2.05) is 6.07 Å². The summed E-state index contributed by atoms with van der Waals surface area (Å²) in [5.74, 6) is 0. The number of rotatable bonds is 2. The summed E-state index contributed by atoms with van der Waals surface area (Å²) in [6.07, 6.45) is -0.634. The zero-order valence-electron chi connectivity index (χ0n) is 6.87. The number of hydrogen-bond donors (Lipinski definition) is 0. The van der Waals surface area contributed by atoms with Crippen LogP contribution in [-0.4, -0.2) is 11.0 Å². The Morgan fingerprint density at radius 1 is 1.38 bits per heavy atom. The van der Waals surface area contributed by atoms with E-state index >= 15 is 0 Å². The standard InChI is InChI=1S/C10H8F2N/c11-10(12)7-13-6-5-8-3-1-2-4-9(8)13/h2-6,10H,7H2. The van der Waals surface area contributed by atoms with Crippen molar-refractivity contribution >= 4 is 10.9 Å². The van der Waals surface area contributed by atoms with Crippen LogP contribution in [0.5, 0.6) is 0 Å². The second-order valence-corrected chi connectivity index (χ2v) is 2.84. The first kappa shape index (κ1) is 8.23. The molecule has 0 aliphatic carbocycles. The van der Waals surface area contributed by atoms with Gasteiger partial charge in [0.15, 0.2) is 0 Å². The number of alkyl halides is 2. The van der Waals surface area contributed by atoms with Crippen molar-refractivity contribution in [1.29, 1.82) is 0 Å². The maximum Gasteiger partial charge on any atom is 0.256 e. The van der Waals surface area contributed by atoms with Gasteiger partial charge in [-0.05, 0) is 24.3 Å². The van der Waals surface area contributed by atoms with Gasteiger partial charge in [-0.2, -0.15) is 0 Å². The maximum atomic E-state index is 12.1. The van der Waals surface area contributed by atoms with E-state index in [9.17, 15) is 8.78 Å². The van der Waals surface area contributed by atoms with Crippen LogP contribution in [0.3, 0.4) is 0 Å². The van der Waals surface area contributed by atoms with E-state index < -0.39 is 6.43 Å². The fourth-order valence-corrected chi connectivity index (χ4v) is 1.39. The van der Waals surface area contributed by atoms with Gasteiger partial charge in [0.1, 0.15) is 0 Å². The van der Waals surface area contributed by atoms with Crippen LogP contribution in [0.1, 0.15) is 0 Å². The van der Waals surface area contributed by atoms with Crippen molar-refractivity contribution in [2.24, 2.45) is 0 Å². The molecule has 1 aromatic carbocycles. The predicted molar refractivity (Wildman–Crippen MR) is 46.8 cm³/mol. The van der Waals surface area contributed by atoms with E-state index in [0.717, 1.165) is 10.9 Å². The molecule has 0 aliphatic rings. The van der Waals surface area contributed by atoms with Gasteiger partial charge in [0.25, 0.3) is 6.43 Å². The summed E-state index contributed by atoms with van der Waals surface area (Å²) in [6.45, 7) is -0.243. The summed E-state index contributed by atoms with van der Waals surface area (Å²) in [4.78, 5) is 0. The number of aromatic nitrogens is 1. The molecule has 67 valence electrons. The zero-order valence-corrected chi connectivity index (χ0v) is 6.87. The Bertz CT molecular complexity index is 406. The van der Waals surface area contributed by atoms with Crippen LogP contribution < -0.4 is 0 Å². The molecular formula is C10H8F2N. The van der Waals surface area contributed by atoms with Crippen LogP contribution in [0.25, 0.3) is 10.9 Å². The zero-order chi connectivity index (χ0) is 9.26. The van der Waals surface area contributed by atoms with Crippen LogP contribution >= 0.6 is 0 Å². The van der Waals surface area contributed by atoms with Gasteiger partial charge >= 0.3 is 0 Å². The summed E-state index contributed by atoms with van der Waals surface area (Å²) < 4.78 is 25.7. The molecule has 0 saturated carbocycles. The average molecular weight is 180 g/mol. The highest BCUT2D eigenvalue weighted by Gasteiger charge is 2.05. The fourth-order valence-electron chi connectivity index (χ4n) is 1.39. The van der Waals surface area contributed by atoms with Gasteiger partial charge in [-0.15, -0.1) is 0 Å². The molecular weight excluding hydrogens is 172 g/mol. The largest absolute Gasteiger partial charge is 0.342 e. The molecule has 1 nitrogen and oxygen atoms in total. The van der Waals surface area contributed by atoms with Gasteiger partial charge < -0.3 is 4.57 Å². The van der Waals surface area contributed by atoms with E-state index in [2.05, 4.69) is 6.07 Å². The first-order valence-electron chi connectivity index (χ1n) is 4.00. The number of fused-ring (bicyclic) bond motifs is 1. The molecule has 0 saturated heterocycles. The molecule has 0 N–H and O–H groups in total. The molecule has 0 bridgehead atoms. The van der Waals surface area contributed by atoms with Crippen molar-refractivity contribution in [3.63, 3.8) is 0 Å². The lowest BCUT2D eigenvalue weighted by molar-refractivity contribution is 0.128. The van der Waals surface area contributed by atoms with Gasteiger partial charge in [-0.3, -0.25) is 0 Å². The molecule has 2 aromatic rings. The summed E-state index contributed by atoms with van der Waals surface area (Å²) in [6, 6.07) is 10.0. The van der Waals surface area contributed by atoms with E-state index in [-0.39, 0.29) is 6.54 Å². The lowest BCUT2D eigenvalue weighted by Crippen LogP contribution is -2.04. The van der Waals surface area contributed by atoms with E-state index in [0.29, 0.717) is 0 Å². The maximum absolute atomic E-state index is 12.1. The minimum atomic E-state index is -2.31. The molecule has 0 unspecified atom stereocenters. The highest BCUT2D eigenvalue weighted by atomic mass is 19.3. The third-order valence-corrected chi connectivity index (χ3v) is 1.95. The molecule has 0 aliphatic heterocycles. The third kappa shape index (κ3) is 1.54. The molecule has 0 spiro atoms. The van der Waals surface area contributed by atoms with Crippen molar-refractivity contribution in [3.05, 3.63) is 36.5 Å². The number of halogens is 2. The van der Waals surface area contributed by atoms with Crippen LogP contribution in [0.4, 0.5) is 8.78 Å². The van der Waals surface area contributed by atoms with Crippen molar-refractivity contribution in [2.75, 3.05) is 0 Å². The second kappa shape index (κ2) is 3.17. The number of hydrogen-bond acceptors (Lipinski definition) is 0. The summed E-state index contributed by atoms with van der Waals surface area (Å²) in [7, 11) is 0. The Hall–Kier alpha value is -1.38. The molecule has 13 heavy (non-hydrogen) atoms. The van der Waals surface area contributed by atoms with E-state index in [1.54, 1.807) is 29.0 Å². The van der Waals surface area contributed by atoms with Crippen LogP contribution in [0.15, 0.2) is 30.5 Å². The normalized spacial score (nSPS) is 11.3. The Labute approximate surface area is 74.6 Å². The Balaban J connectivity index is 2.46. The fraction of sp³-hybridized carbons (Fsp3) is 0.200. The van der Waals surface area contributed by atoms with Crippen molar-refractivity contribution in [1.82, 2.24) is 4.57 Å². The Kier molecular flexibility index (Phi) is 2.00. The lowest BCUT2D eigenvalue weighted by Gasteiger charge is -2.02. The van der Waals surface area contributed by atoms with Crippen molar-refractivity contribution < 1.29 is 8.78 Å². The molecule has 1 radical (unpaired) electrons. The molecule has 3 heteroatoms. The second-order valence-electron chi connectivity index (χ2n) is 2.84. The Morgan fingerprint density at radius 2 is 2.23 bits per heavy atom. The smallest absolute Gasteiger partial charge is 0.256 e. The third-order valence-electron chi connectivity index (χ3n) is 1.95. The quantitative estimate of drug-likeness (QED) is 0.669. The van der Waals surface area contributed by atoms with Gasteiger partial charge in [0, 0.05) is 17.1 Å². The SMILES string of the molecule is FC(F)Cn1ccc2c[c]ccc21. The van der Waals surface area contributed by atoms with Crippen molar-refractivity contribution in [3.8, 4) is 0 Å². The molecule has 2 rings (SSSR count). The van der Waals surface area contributed by atoms with E-state index in [4.69, 9.17) is 0 Å². The molecule has 0 fully saturated rings. The van der Waals surface area contributed by atoms with Gasteiger partial charge in [0.2, 0.25) is 0 Å². The summed E-state index contributed by atoms with van der Waals surface area (Å²) in [5, 5.41) is 0.947.